The molecule has 21 heavy (non-hydrogen) atoms. The van der Waals surface area contributed by atoms with E-state index in [-0.39, 0.29) is 11.3 Å². The Kier molecular flexibility index (Phi) is 8.12. The number of thioether (sulfide) groups is 1. The molecule has 1 rings (SSSR count). The lowest BCUT2D eigenvalue weighted by atomic mass is 10.1. The predicted octanol–water partition coefficient (Wildman–Crippen LogP) is 3.66. The molecule has 0 aliphatic rings. The molecule has 0 atom stereocenters. The van der Waals surface area contributed by atoms with Crippen LogP contribution in [-0.2, 0) is 0 Å². The van der Waals surface area contributed by atoms with Crippen LogP contribution in [0, 0.1) is 11.6 Å². The molecule has 0 unspecified atom stereocenters. The summed E-state index contributed by atoms with van der Waals surface area (Å²) >= 11 is 1.83. The van der Waals surface area contributed by atoms with E-state index in [4.69, 9.17) is 0 Å². The summed E-state index contributed by atoms with van der Waals surface area (Å²) in [6.45, 7) is 0.523. The second-order valence-corrected chi connectivity index (χ2v) is 5.71. The van der Waals surface area contributed by atoms with Gasteiger partial charge in [0.2, 0.25) is 0 Å². The number of rotatable bonds is 9. The molecule has 0 heterocycles. The fourth-order valence-corrected chi connectivity index (χ4v) is 2.46. The Morgan fingerprint density at radius 1 is 1.14 bits per heavy atom. The van der Waals surface area contributed by atoms with E-state index in [9.17, 15) is 13.6 Å². The molecule has 1 aromatic rings. The largest absolute Gasteiger partial charge is 0.383 e. The second kappa shape index (κ2) is 9.60. The minimum atomic E-state index is -0.764. The molecule has 0 aliphatic carbocycles. The van der Waals surface area contributed by atoms with Crippen molar-refractivity contribution in [3.8, 4) is 0 Å². The number of hydrogen-bond donors (Lipinski definition) is 2. The van der Waals surface area contributed by atoms with E-state index in [1.54, 1.807) is 0 Å². The molecule has 0 saturated heterocycles. The minimum Gasteiger partial charge on any atom is -0.383 e. The molecule has 1 amide bonds. The van der Waals surface area contributed by atoms with Crippen molar-refractivity contribution in [2.75, 3.05) is 30.9 Å². The number of unbranched alkanes of at least 4 members (excludes halogenated alkanes) is 3. The van der Waals surface area contributed by atoms with Gasteiger partial charge < -0.3 is 10.6 Å². The number of hydrogen-bond acceptors (Lipinski definition) is 3. The summed E-state index contributed by atoms with van der Waals surface area (Å²) < 4.78 is 27.1. The van der Waals surface area contributed by atoms with Gasteiger partial charge in [0.15, 0.2) is 0 Å². The van der Waals surface area contributed by atoms with Crippen LogP contribution in [0.25, 0.3) is 0 Å². The van der Waals surface area contributed by atoms with Gasteiger partial charge in [0, 0.05) is 19.2 Å². The first-order chi connectivity index (χ1) is 10.1. The summed E-state index contributed by atoms with van der Waals surface area (Å²) in [4.78, 5) is 11.8. The Hall–Kier alpha value is -1.30. The predicted molar refractivity (Wildman–Crippen MR) is 85.1 cm³/mol. The van der Waals surface area contributed by atoms with E-state index < -0.39 is 17.5 Å². The van der Waals surface area contributed by atoms with E-state index in [0.29, 0.717) is 6.54 Å². The summed E-state index contributed by atoms with van der Waals surface area (Å²) in [7, 11) is 1.43. The second-order valence-electron chi connectivity index (χ2n) is 4.73. The topological polar surface area (TPSA) is 41.1 Å². The lowest BCUT2D eigenvalue weighted by Gasteiger charge is -2.08. The minimum absolute atomic E-state index is 0.00591. The van der Waals surface area contributed by atoms with Crippen LogP contribution in [0.2, 0.25) is 0 Å². The summed E-state index contributed by atoms with van der Waals surface area (Å²) in [5.74, 6) is -0.818. The number of halogens is 2. The maximum Gasteiger partial charge on any atom is 0.251 e. The maximum atomic E-state index is 13.5. The van der Waals surface area contributed by atoms with Crippen LogP contribution in [0.15, 0.2) is 12.1 Å². The highest BCUT2D eigenvalue weighted by Crippen LogP contribution is 2.20. The molecule has 0 bridgehead atoms. The average molecular weight is 316 g/mol. The molecule has 3 nitrogen and oxygen atoms in total. The molecule has 1 aromatic carbocycles. The van der Waals surface area contributed by atoms with E-state index in [1.165, 1.54) is 13.5 Å². The summed E-state index contributed by atoms with van der Waals surface area (Å²) in [5.41, 5.74) is -0.216. The van der Waals surface area contributed by atoms with Crippen LogP contribution in [0.1, 0.15) is 36.0 Å². The van der Waals surface area contributed by atoms with Crippen LogP contribution in [0.4, 0.5) is 14.5 Å². The Bertz CT molecular complexity index is 446. The molecule has 0 spiro atoms. The van der Waals surface area contributed by atoms with E-state index in [2.05, 4.69) is 16.9 Å². The SMILES string of the molecule is CNc1c(F)cc(C(=O)NCCCCCCSC)cc1F. The molecule has 2 N–H and O–H groups in total. The summed E-state index contributed by atoms with van der Waals surface area (Å²) in [6.07, 6.45) is 6.31. The Balaban J connectivity index is 2.39. The number of amides is 1. The molecule has 6 heteroatoms. The normalized spacial score (nSPS) is 10.5. The summed E-state index contributed by atoms with van der Waals surface area (Å²) in [6, 6.07) is 2.09. The zero-order chi connectivity index (χ0) is 15.7. The van der Waals surface area contributed by atoms with Gasteiger partial charge >= 0.3 is 0 Å². The zero-order valence-electron chi connectivity index (χ0n) is 12.5. The van der Waals surface area contributed by atoms with Crippen molar-refractivity contribution in [3.05, 3.63) is 29.3 Å². The third-order valence-electron chi connectivity index (χ3n) is 3.12. The fraction of sp³-hybridized carbons (Fsp3) is 0.533. The quantitative estimate of drug-likeness (QED) is 0.683. The highest BCUT2D eigenvalue weighted by Gasteiger charge is 2.13. The van der Waals surface area contributed by atoms with Gasteiger partial charge in [-0.1, -0.05) is 12.8 Å². The van der Waals surface area contributed by atoms with Gasteiger partial charge in [0.25, 0.3) is 5.91 Å². The van der Waals surface area contributed by atoms with Crippen LogP contribution in [0.5, 0.6) is 0 Å². The molecule has 0 fully saturated rings. The molecule has 0 saturated carbocycles. The molecule has 0 aromatic heterocycles. The third-order valence-corrected chi connectivity index (χ3v) is 3.81. The Morgan fingerprint density at radius 2 is 1.76 bits per heavy atom. The van der Waals surface area contributed by atoms with Crippen molar-refractivity contribution in [1.29, 1.82) is 0 Å². The number of benzene rings is 1. The van der Waals surface area contributed by atoms with Crippen molar-refractivity contribution >= 4 is 23.4 Å². The Morgan fingerprint density at radius 3 is 2.33 bits per heavy atom. The van der Waals surface area contributed by atoms with Crippen LogP contribution in [-0.4, -0.2) is 31.5 Å². The van der Waals surface area contributed by atoms with Gasteiger partial charge in [-0.25, -0.2) is 8.78 Å². The van der Waals surface area contributed by atoms with Gasteiger partial charge in [0.05, 0.1) is 0 Å². The zero-order valence-corrected chi connectivity index (χ0v) is 13.3. The maximum absolute atomic E-state index is 13.5. The van der Waals surface area contributed by atoms with E-state index in [0.717, 1.165) is 37.1 Å². The van der Waals surface area contributed by atoms with E-state index >= 15 is 0 Å². The first-order valence-corrected chi connectivity index (χ1v) is 8.43. The number of anilines is 1. The van der Waals surface area contributed by atoms with Crippen molar-refractivity contribution < 1.29 is 13.6 Å². The van der Waals surface area contributed by atoms with Gasteiger partial charge in [-0.05, 0) is 37.0 Å². The van der Waals surface area contributed by atoms with Crippen molar-refractivity contribution in [1.82, 2.24) is 5.32 Å². The molecular formula is C15H22F2N2OS. The molecule has 118 valence electrons. The highest BCUT2D eigenvalue weighted by atomic mass is 32.2. The summed E-state index contributed by atoms with van der Waals surface area (Å²) in [5, 5.41) is 5.11. The smallest absolute Gasteiger partial charge is 0.251 e. The Labute approximate surface area is 128 Å². The molecular weight excluding hydrogens is 294 g/mol. The van der Waals surface area contributed by atoms with Crippen LogP contribution in [0.3, 0.4) is 0 Å². The van der Waals surface area contributed by atoms with Crippen molar-refractivity contribution in [2.45, 2.75) is 25.7 Å². The van der Waals surface area contributed by atoms with Gasteiger partial charge in [0.1, 0.15) is 17.3 Å². The van der Waals surface area contributed by atoms with Crippen LogP contribution >= 0.6 is 11.8 Å². The van der Waals surface area contributed by atoms with E-state index in [1.807, 2.05) is 11.8 Å². The number of nitrogens with one attached hydrogen (secondary N) is 2. The van der Waals surface area contributed by atoms with Gasteiger partial charge in [-0.15, -0.1) is 0 Å². The highest BCUT2D eigenvalue weighted by molar-refractivity contribution is 7.98. The fourth-order valence-electron chi connectivity index (χ4n) is 1.97. The monoisotopic (exact) mass is 316 g/mol. The average Bonchev–Trinajstić information content (AvgIpc) is 2.45. The first-order valence-electron chi connectivity index (χ1n) is 7.04. The number of carbonyl (C=O) groups is 1. The number of carbonyl (C=O) groups excluding carboxylic acids is 1. The van der Waals surface area contributed by atoms with Crippen LogP contribution < -0.4 is 10.6 Å². The lowest BCUT2D eigenvalue weighted by molar-refractivity contribution is 0.0952. The van der Waals surface area contributed by atoms with Gasteiger partial charge in [-0.2, -0.15) is 11.8 Å². The molecule has 0 aliphatic heterocycles. The first kappa shape index (κ1) is 17.8. The standard InChI is InChI=1S/C15H22F2N2OS/c1-18-14-12(16)9-11(10-13(14)17)15(20)19-7-5-3-4-6-8-21-2/h9-10,18H,3-8H2,1-2H3,(H,19,20). The van der Waals surface area contributed by atoms with Gasteiger partial charge in [-0.3, -0.25) is 4.79 Å². The lowest BCUT2D eigenvalue weighted by Crippen LogP contribution is -2.24. The molecule has 0 radical (unpaired) electrons. The third kappa shape index (κ3) is 5.91. The van der Waals surface area contributed by atoms with Crippen molar-refractivity contribution in [3.63, 3.8) is 0 Å². The van der Waals surface area contributed by atoms with Crippen molar-refractivity contribution in [2.24, 2.45) is 0 Å².